The molecular formula is C15H19BrN4O4S. The number of nitrogens with zero attached hydrogens (tertiary/aromatic N) is 4. The maximum absolute atomic E-state index is 12.6. The Kier molecular flexibility index (Phi) is 5.96. The Morgan fingerprint density at radius 2 is 1.96 bits per heavy atom. The van der Waals surface area contributed by atoms with Gasteiger partial charge >= 0.3 is 0 Å². The highest BCUT2D eigenvalue weighted by Crippen LogP contribution is 2.25. The van der Waals surface area contributed by atoms with E-state index in [-0.39, 0.29) is 22.9 Å². The lowest BCUT2D eigenvalue weighted by Gasteiger charge is -2.17. The molecule has 0 unspecified atom stereocenters. The first-order valence-corrected chi connectivity index (χ1v) is 9.69. The van der Waals surface area contributed by atoms with Gasteiger partial charge in [-0.25, -0.2) is 12.7 Å². The lowest BCUT2D eigenvalue weighted by atomic mass is 10.2. The van der Waals surface area contributed by atoms with Gasteiger partial charge in [-0.15, -0.1) is 0 Å². The Balaban J connectivity index is 2.27. The normalized spacial score (nSPS) is 11.8. The smallest absolute Gasteiger partial charge is 0.254 e. The van der Waals surface area contributed by atoms with Crippen LogP contribution in [0.2, 0.25) is 0 Å². The molecule has 0 bridgehead atoms. The van der Waals surface area contributed by atoms with Crippen molar-refractivity contribution in [3.63, 3.8) is 0 Å². The molecule has 2 aromatic rings. The molecule has 10 heteroatoms. The van der Waals surface area contributed by atoms with E-state index in [4.69, 9.17) is 4.52 Å². The summed E-state index contributed by atoms with van der Waals surface area (Å²) in [6.45, 7) is 2.04. The fraction of sp³-hybridized carbons (Fsp3) is 0.400. The second kappa shape index (κ2) is 7.63. The zero-order valence-corrected chi connectivity index (χ0v) is 16.8. The van der Waals surface area contributed by atoms with Crippen LogP contribution in [0.25, 0.3) is 0 Å². The maximum Gasteiger partial charge on any atom is 0.254 e. The van der Waals surface area contributed by atoms with Gasteiger partial charge in [0.15, 0.2) is 5.82 Å². The van der Waals surface area contributed by atoms with Gasteiger partial charge in [0.05, 0.1) is 11.4 Å². The van der Waals surface area contributed by atoms with Crippen molar-refractivity contribution in [2.24, 2.45) is 0 Å². The molecule has 8 nitrogen and oxygen atoms in total. The number of aromatic nitrogens is 2. The molecule has 0 aliphatic carbocycles. The molecule has 136 valence electrons. The number of benzene rings is 1. The van der Waals surface area contributed by atoms with E-state index in [0.29, 0.717) is 22.6 Å². The zero-order valence-electron chi connectivity index (χ0n) is 14.4. The van der Waals surface area contributed by atoms with E-state index in [2.05, 4.69) is 26.1 Å². The summed E-state index contributed by atoms with van der Waals surface area (Å²) >= 11 is 3.22. The lowest BCUT2D eigenvalue weighted by molar-refractivity contribution is 0.0769. The van der Waals surface area contributed by atoms with Crippen molar-refractivity contribution in [3.05, 3.63) is 40.0 Å². The quantitative estimate of drug-likeness (QED) is 0.694. The summed E-state index contributed by atoms with van der Waals surface area (Å²) in [6.07, 6.45) is 0.639. The third-order valence-electron chi connectivity index (χ3n) is 3.48. The van der Waals surface area contributed by atoms with Crippen LogP contribution in [-0.4, -0.2) is 54.8 Å². The molecule has 2 rings (SSSR count). The van der Waals surface area contributed by atoms with Gasteiger partial charge in [0.1, 0.15) is 0 Å². The van der Waals surface area contributed by atoms with Crippen LogP contribution in [0.15, 0.2) is 32.1 Å². The minimum atomic E-state index is -3.67. The summed E-state index contributed by atoms with van der Waals surface area (Å²) in [4.78, 5) is 18.2. The van der Waals surface area contributed by atoms with Crippen LogP contribution in [0, 0.1) is 0 Å². The average Bonchev–Trinajstić information content (AvgIpc) is 3.01. The fourth-order valence-corrected chi connectivity index (χ4v) is 3.87. The van der Waals surface area contributed by atoms with Crippen molar-refractivity contribution in [1.82, 2.24) is 19.3 Å². The van der Waals surface area contributed by atoms with E-state index in [1.54, 1.807) is 19.2 Å². The van der Waals surface area contributed by atoms with Gasteiger partial charge in [0.2, 0.25) is 15.9 Å². The molecular weight excluding hydrogens is 412 g/mol. The molecule has 1 aromatic heterocycles. The standard InChI is InChI=1S/C15H19BrN4O4S/c1-5-13-17-14(24-18-13)9-20(4)15(21)10-6-7-11(16)12(8-10)25(22,23)19(2)3/h6-8H,5,9H2,1-4H3. The molecule has 1 heterocycles. The highest BCUT2D eigenvalue weighted by Gasteiger charge is 2.23. The minimum absolute atomic E-state index is 0.0304. The summed E-state index contributed by atoms with van der Waals surface area (Å²) < 4.78 is 31.3. The second-order valence-corrected chi connectivity index (χ2v) is 8.53. The molecule has 0 fully saturated rings. The number of hydrogen-bond donors (Lipinski definition) is 0. The van der Waals surface area contributed by atoms with E-state index in [1.165, 1.54) is 25.1 Å². The number of aryl methyl sites for hydroxylation is 1. The monoisotopic (exact) mass is 430 g/mol. The molecule has 1 aromatic carbocycles. The van der Waals surface area contributed by atoms with Gasteiger partial charge in [-0.3, -0.25) is 4.79 Å². The third kappa shape index (κ3) is 4.25. The van der Waals surface area contributed by atoms with Crippen LogP contribution >= 0.6 is 15.9 Å². The molecule has 0 spiro atoms. The number of hydrogen-bond acceptors (Lipinski definition) is 6. The molecule has 0 atom stereocenters. The van der Waals surface area contributed by atoms with Crippen LogP contribution in [0.4, 0.5) is 0 Å². The maximum atomic E-state index is 12.6. The Bertz CT molecular complexity index is 879. The minimum Gasteiger partial charge on any atom is -0.337 e. The van der Waals surface area contributed by atoms with Gasteiger partial charge in [0.25, 0.3) is 5.91 Å². The summed E-state index contributed by atoms with van der Waals surface area (Å²) in [7, 11) is 0.778. The first kappa shape index (κ1) is 19.5. The van der Waals surface area contributed by atoms with Crippen molar-refractivity contribution >= 4 is 31.9 Å². The number of rotatable bonds is 6. The summed E-state index contributed by atoms with van der Waals surface area (Å²) in [5, 5.41) is 3.78. The Labute approximate surface area is 155 Å². The number of halogens is 1. The Morgan fingerprint density at radius 3 is 2.52 bits per heavy atom. The number of amides is 1. The third-order valence-corrected chi connectivity index (χ3v) is 6.29. The number of carbonyl (C=O) groups excluding carboxylic acids is 1. The van der Waals surface area contributed by atoms with Crippen molar-refractivity contribution in [2.75, 3.05) is 21.1 Å². The molecule has 0 N–H and O–H groups in total. The van der Waals surface area contributed by atoms with Gasteiger partial charge in [0, 0.05) is 37.6 Å². The summed E-state index contributed by atoms with van der Waals surface area (Å²) in [6, 6.07) is 4.45. The molecule has 25 heavy (non-hydrogen) atoms. The van der Waals surface area contributed by atoms with Gasteiger partial charge < -0.3 is 9.42 Å². The van der Waals surface area contributed by atoms with E-state index in [0.717, 1.165) is 4.31 Å². The van der Waals surface area contributed by atoms with Crippen LogP contribution in [0.1, 0.15) is 29.0 Å². The van der Waals surface area contributed by atoms with Crippen molar-refractivity contribution < 1.29 is 17.7 Å². The van der Waals surface area contributed by atoms with Crippen LogP contribution in [0.3, 0.4) is 0 Å². The van der Waals surface area contributed by atoms with Crippen molar-refractivity contribution in [2.45, 2.75) is 24.8 Å². The highest BCUT2D eigenvalue weighted by molar-refractivity contribution is 9.10. The predicted octanol–water partition coefficient (Wildman–Crippen LogP) is 1.92. The highest BCUT2D eigenvalue weighted by atomic mass is 79.9. The second-order valence-electron chi connectivity index (χ2n) is 5.55. The molecule has 0 aliphatic heterocycles. The largest absolute Gasteiger partial charge is 0.337 e. The Hall–Kier alpha value is -1.78. The lowest BCUT2D eigenvalue weighted by Crippen LogP contribution is -2.27. The van der Waals surface area contributed by atoms with Crippen molar-refractivity contribution in [1.29, 1.82) is 0 Å². The first-order chi connectivity index (χ1) is 11.7. The van der Waals surface area contributed by atoms with Crippen molar-refractivity contribution in [3.8, 4) is 0 Å². The number of carbonyl (C=O) groups is 1. The van der Waals surface area contributed by atoms with E-state index < -0.39 is 10.0 Å². The Morgan fingerprint density at radius 1 is 1.28 bits per heavy atom. The summed E-state index contributed by atoms with van der Waals surface area (Å²) in [5.41, 5.74) is 0.251. The van der Waals surface area contributed by atoms with Crippen LogP contribution in [0.5, 0.6) is 0 Å². The average molecular weight is 431 g/mol. The molecule has 1 amide bonds. The summed E-state index contributed by atoms with van der Waals surface area (Å²) in [5.74, 6) is 0.545. The van der Waals surface area contributed by atoms with Crippen LogP contribution < -0.4 is 0 Å². The fourth-order valence-electron chi connectivity index (χ4n) is 2.02. The van der Waals surface area contributed by atoms with Gasteiger partial charge in [-0.1, -0.05) is 12.1 Å². The molecule has 0 radical (unpaired) electrons. The molecule has 0 aliphatic rings. The topological polar surface area (TPSA) is 96.6 Å². The first-order valence-electron chi connectivity index (χ1n) is 7.45. The van der Waals surface area contributed by atoms with E-state index in [1.807, 2.05) is 6.92 Å². The zero-order chi connectivity index (χ0) is 18.8. The van der Waals surface area contributed by atoms with Gasteiger partial charge in [-0.05, 0) is 34.1 Å². The SMILES string of the molecule is CCc1noc(CN(C)C(=O)c2ccc(Br)c(S(=O)(=O)N(C)C)c2)n1. The van der Waals surface area contributed by atoms with Crippen LogP contribution in [-0.2, 0) is 23.0 Å². The molecule has 0 saturated heterocycles. The predicted molar refractivity (Wildman–Crippen MR) is 94.5 cm³/mol. The van der Waals surface area contributed by atoms with Gasteiger partial charge in [-0.2, -0.15) is 4.98 Å². The van der Waals surface area contributed by atoms with E-state index >= 15 is 0 Å². The van der Waals surface area contributed by atoms with E-state index in [9.17, 15) is 13.2 Å². The number of sulfonamides is 1. The molecule has 0 saturated carbocycles.